The molecule has 2 saturated heterocycles. The Labute approximate surface area is 381 Å². The largest absolute Gasteiger partial charge is 0.468 e. The highest BCUT2D eigenvalue weighted by Crippen LogP contribution is 2.38. The number of halogens is 3. The van der Waals surface area contributed by atoms with Gasteiger partial charge in [-0.15, -0.1) is 0 Å². The van der Waals surface area contributed by atoms with Gasteiger partial charge in [-0.1, -0.05) is 65.8 Å². The van der Waals surface area contributed by atoms with E-state index in [1.807, 2.05) is 45.0 Å². The summed E-state index contributed by atoms with van der Waals surface area (Å²) in [6.45, 7) is 6.46. The van der Waals surface area contributed by atoms with Gasteiger partial charge in [-0.3, -0.25) is 9.59 Å². The van der Waals surface area contributed by atoms with Gasteiger partial charge in [0, 0.05) is 73.4 Å². The van der Waals surface area contributed by atoms with Crippen molar-refractivity contribution in [1.82, 2.24) is 18.8 Å². The van der Waals surface area contributed by atoms with Crippen LogP contribution >= 0.6 is 58.3 Å². The second-order valence-corrected chi connectivity index (χ2v) is 21.1. The van der Waals surface area contributed by atoms with Crippen molar-refractivity contribution in [2.45, 2.75) is 69.7 Å². The third kappa shape index (κ3) is 12.4. The van der Waals surface area contributed by atoms with E-state index in [-0.39, 0.29) is 66.5 Å². The molecule has 324 valence electrons. The monoisotopic (exact) mass is 964 g/mol. The number of nitriles is 2. The molecule has 0 aromatic heterocycles. The summed E-state index contributed by atoms with van der Waals surface area (Å²) in [6, 6.07) is 22.7. The van der Waals surface area contributed by atoms with Crippen molar-refractivity contribution in [2.75, 3.05) is 46.4 Å². The SMILES string of the molecule is C.COC(=O)C1CN(S(=O)(=O)c2cc(C#N)ccc2Sc2cc(Cl)cc(Cl)c2)CCN1.Cc1cc(Cl)cc(Sc2ccc(C#N)cc2S(=O)(=O)N2CCN(C(C)C)C(=O)C2)c1. The van der Waals surface area contributed by atoms with Crippen molar-refractivity contribution >= 4 is 90.2 Å². The molecular weight excluding hydrogens is 923 g/mol. The zero-order valence-electron chi connectivity index (χ0n) is 32.7. The van der Waals surface area contributed by atoms with Crippen LogP contribution in [-0.4, -0.2) is 101 Å². The summed E-state index contributed by atoms with van der Waals surface area (Å²) in [5.74, 6) is -0.764. The molecule has 1 atom stereocenters. The number of hydrogen-bond donors (Lipinski definition) is 1. The lowest BCUT2D eigenvalue weighted by atomic mass is 10.2. The van der Waals surface area contributed by atoms with Crippen LogP contribution in [0.1, 0.15) is 38.0 Å². The van der Waals surface area contributed by atoms with E-state index in [0.717, 1.165) is 10.5 Å². The molecule has 0 spiro atoms. The smallest absolute Gasteiger partial charge is 0.324 e. The first-order valence-corrected chi connectivity index (χ1v) is 23.8. The summed E-state index contributed by atoms with van der Waals surface area (Å²) in [4.78, 5) is 28.3. The van der Waals surface area contributed by atoms with Gasteiger partial charge in [0.05, 0.1) is 46.7 Å². The summed E-state index contributed by atoms with van der Waals surface area (Å²) in [6.07, 6.45) is 0. The molecule has 0 saturated carbocycles. The number of carbonyl (C=O) groups is 2. The van der Waals surface area contributed by atoms with Crippen LogP contribution in [0.2, 0.25) is 15.1 Å². The molecule has 61 heavy (non-hydrogen) atoms. The van der Waals surface area contributed by atoms with Gasteiger partial charge in [0.15, 0.2) is 0 Å². The number of aryl methyl sites for hydroxylation is 1. The number of benzene rings is 4. The maximum atomic E-state index is 13.4. The van der Waals surface area contributed by atoms with E-state index in [0.29, 0.717) is 42.8 Å². The molecule has 2 aliphatic rings. The molecule has 2 heterocycles. The van der Waals surface area contributed by atoms with Gasteiger partial charge in [0.25, 0.3) is 0 Å². The molecular formula is C41H43Cl3N6O7S4. The summed E-state index contributed by atoms with van der Waals surface area (Å²) in [5, 5.41) is 22.9. The van der Waals surface area contributed by atoms with Gasteiger partial charge in [0.2, 0.25) is 26.0 Å². The number of esters is 1. The Hall–Kier alpha value is -3.85. The van der Waals surface area contributed by atoms with Crippen molar-refractivity contribution < 1.29 is 31.2 Å². The molecule has 1 amide bonds. The second-order valence-electron chi connectivity index (χ2n) is 13.7. The number of amides is 1. The Kier molecular flexibility index (Phi) is 17.5. The fourth-order valence-corrected chi connectivity index (χ4v) is 13.1. The van der Waals surface area contributed by atoms with Crippen molar-refractivity contribution in [1.29, 1.82) is 10.5 Å². The van der Waals surface area contributed by atoms with Crippen LogP contribution in [0.15, 0.2) is 102 Å². The fraction of sp³-hybridized carbons (Fsp3) is 0.317. The molecule has 0 aliphatic carbocycles. The molecule has 4 aromatic rings. The minimum Gasteiger partial charge on any atom is -0.468 e. The van der Waals surface area contributed by atoms with Crippen LogP contribution in [0, 0.1) is 29.6 Å². The second kappa shape index (κ2) is 21.5. The molecule has 6 rings (SSSR count). The van der Waals surface area contributed by atoms with Gasteiger partial charge in [-0.25, -0.2) is 16.8 Å². The van der Waals surface area contributed by atoms with Crippen molar-refractivity contribution in [3.05, 3.63) is 105 Å². The molecule has 20 heteroatoms. The van der Waals surface area contributed by atoms with E-state index in [1.165, 1.54) is 51.4 Å². The number of sulfonamides is 2. The molecule has 1 unspecified atom stereocenters. The normalized spacial score (nSPS) is 16.1. The Morgan fingerprint density at radius 2 is 1.30 bits per heavy atom. The highest BCUT2D eigenvalue weighted by Gasteiger charge is 2.36. The van der Waals surface area contributed by atoms with E-state index < -0.39 is 32.1 Å². The zero-order chi connectivity index (χ0) is 43.9. The number of nitrogens with one attached hydrogen (secondary N) is 1. The predicted molar refractivity (Wildman–Crippen MR) is 238 cm³/mol. The van der Waals surface area contributed by atoms with Crippen LogP contribution in [0.4, 0.5) is 0 Å². The number of nitrogens with zero attached hydrogens (tertiary/aromatic N) is 5. The number of piperazine rings is 2. The lowest BCUT2D eigenvalue weighted by Gasteiger charge is -2.36. The first-order chi connectivity index (χ1) is 28.4. The quantitative estimate of drug-likeness (QED) is 0.153. The number of carbonyl (C=O) groups excluding carboxylic acids is 2. The molecule has 1 N–H and O–H groups in total. The van der Waals surface area contributed by atoms with Gasteiger partial charge in [0.1, 0.15) is 6.04 Å². The third-order valence-electron chi connectivity index (χ3n) is 9.16. The van der Waals surface area contributed by atoms with E-state index in [4.69, 9.17) is 39.5 Å². The number of hydrogen-bond acceptors (Lipinski definition) is 12. The number of rotatable bonds is 10. The van der Waals surface area contributed by atoms with Crippen LogP contribution < -0.4 is 5.32 Å². The first kappa shape index (κ1) is 49.8. The summed E-state index contributed by atoms with van der Waals surface area (Å²) >= 11 is 20.7. The lowest BCUT2D eigenvalue weighted by molar-refractivity contribution is -0.143. The Balaban J connectivity index is 0.000000264. The fourth-order valence-electron chi connectivity index (χ4n) is 6.27. The maximum absolute atomic E-state index is 13.4. The molecule has 0 radical (unpaired) electrons. The average Bonchev–Trinajstić information content (AvgIpc) is 3.20. The third-order valence-corrected chi connectivity index (χ3v) is 16.0. The Bertz CT molecular complexity index is 2560. The molecule has 13 nitrogen and oxygen atoms in total. The van der Waals surface area contributed by atoms with Crippen LogP contribution in [0.3, 0.4) is 0 Å². The molecule has 4 aromatic carbocycles. The highest BCUT2D eigenvalue weighted by molar-refractivity contribution is 8.00. The van der Waals surface area contributed by atoms with E-state index in [9.17, 15) is 36.9 Å². The van der Waals surface area contributed by atoms with Gasteiger partial charge < -0.3 is 15.0 Å². The predicted octanol–water partition coefficient (Wildman–Crippen LogP) is 7.70. The highest BCUT2D eigenvalue weighted by atomic mass is 35.5. The van der Waals surface area contributed by atoms with Crippen LogP contribution in [-0.2, 0) is 34.4 Å². The summed E-state index contributed by atoms with van der Waals surface area (Å²) in [5.41, 5.74) is 1.41. The molecule has 0 bridgehead atoms. The number of methoxy groups -OCH3 is 1. The van der Waals surface area contributed by atoms with Crippen molar-refractivity contribution in [3.8, 4) is 12.1 Å². The van der Waals surface area contributed by atoms with Crippen LogP contribution in [0.5, 0.6) is 0 Å². The van der Waals surface area contributed by atoms with Crippen LogP contribution in [0.25, 0.3) is 0 Å². The maximum Gasteiger partial charge on any atom is 0.324 e. The zero-order valence-corrected chi connectivity index (χ0v) is 38.2. The first-order valence-electron chi connectivity index (χ1n) is 18.1. The summed E-state index contributed by atoms with van der Waals surface area (Å²) < 4.78 is 60.8. The Morgan fingerprint density at radius 3 is 1.77 bits per heavy atom. The molecule has 2 aliphatic heterocycles. The van der Waals surface area contributed by atoms with E-state index >= 15 is 0 Å². The standard InChI is InChI=1S/C21H22ClN3O3S2.C19H17Cl2N3O4S2.CH4/c1-14(2)25-7-6-24(13-21(25)26)30(27,28)20-10-16(12-23)4-5-19(20)29-18-9-15(3)8-17(22)11-18;1-28-19(25)16-11-24(5-4-23-16)30(26,27)18-6-12(10-22)2-3-17(18)29-15-8-13(20)7-14(21)9-15;/h4-5,8-11,14H,6-7,13H2,1-3H3;2-3,6-9,16,23H,4-5,11H2,1H3;1H4. The van der Waals surface area contributed by atoms with E-state index in [1.54, 1.807) is 53.4 Å². The lowest BCUT2D eigenvalue weighted by Crippen LogP contribution is -2.55. The van der Waals surface area contributed by atoms with Crippen molar-refractivity contribution in [2.24, 2.45) is 0 Å². The average molecular weight is 966 g/mol. The van der Waals surface area contributed by atoms with Gasteiger partial charge in [-0.05, 0) is 99.1 Å². The van der Waals surface area contributed by atoms with Gasteiger partial charge >= 0.3 is 5.97 Å². The van der Waals surface area contributed by atoms with Gasteiger partial charge in [-0.2, -0.15) is 19.1 Å². The Morgan fingerprint density at radius 1 is 0.787 bits per heavy atom. The van der Waals surface area contributed by atoms with Crippen molar-refractivity contribution in [3.63, 3.8) is 0 Å². The topological polar surface area (TPSA) is 181 Å². The number of ether oxygens (including phenoxy) is 1. The summed E-state index contributed by atoms with van der Waals surface area (Å²) in [7, 11) is -6.71. The minimum absolute atomic E-state index is 0. The molecule has 2 fully saturated rings. The van der Waals surface area contributed by atoms with E-state index in [2.05, 4.69) is 5.32 Å². The minimum atomic E-state index is -3.99.